The summed E-state index contributed by atoms with van der Waals surface area (Å²) in [5.41, 5.74) is 2.67. The minimum absolute atomic E-state index is 0.0387. The molecule has 0 spiro atoms. The molecule has 2 aromatic rings. The minimum Gasteiger partial charge on any atom is -0.495 e. The zero-order valence-corrected chi connectivity index (χ0v) is 15.7. The average molecular weight is 387 g/mol. The molecule has 0 saturated heterocycles. The summed E-state index contributed by atoms with van der Waals surface area (Å²) in [6.45, 7) is 0. The maximum absolute atomic E-state index is 11.4. The fourth-order valence-electron chi connectivity index (χ4n) is 4.18. The molecule has 0 bridgehead atoms. The summed E-state index contributed by atoms with van der Waals surface area (Å²) in [5, 5.41) is 15.7. The molecule has 140 valence electrons. The number of nitrogens with one attached hydrogen (secondary N) is 1. The van der Waals surface area contributed by atoms with Gasteiger partial charge in [-0.1, -0.05) is 29.8 Å². The summed E-state index contributed by atoms with van der Waals surface area (Å²) in [4.78, 5) is 11.0. The molecule has 0 amide bonds. The molecule has 27 heavy (non-hydrogen) atoms. The first kappa shape index (κ1) is 17.7. The highest BCUT2D eigenvalue weighted by Gasteiger charge is 2.40. The van der Waals surface area contributed by atoms with Crippen LogP contribution in [0.2, 0.25) is 5.02 Å². The Balaban J connectivity index is 1.83. The number of rotatable bonds is 4. The third-order valence-electron chi connectivity index (χ3n) is 5.41. The van der Waals surface area contributed by atoms with Crippen molar-refractivity contribution in [2.24, 2.45) is 5.92 Å². The van der Waals surface area contributed by atoms with Gasteiger partial charge < -0.3 is 14.8 Å². The van der Waals surface area contributed by atoms with E-state index in [1.165, 1.54) is 7.11 Å². The predicted molar refractivity (Wildman–Crippen MR) is 104 cm³/mol. The highest BCUT2D eigenvalue weighted by Crippen LogP contribution is 2.54. The molecule has 6 nitrogen and oxygen atoms in total. The smallest absolute Gasteiger partial charge is 0.311 e. The highest BCUT2D eigenvalue weighted by atomic mass is 35.5. The van der Waals surface area contributed by atoms with E-state index < -0.39 is 4.92 Å². The first-order valence-corrected chi connectivity index (χ1v) is 9.05. The van der Waals surface area contributed by atoms with Crippen molar-refractivity contribution in [2.45, 2.75) is 18.4 Å². The SMILES string of the molecule is COc1ccc(C2Nc3c(OC)ccc(Cl)c3C3C=CCC32)cc1[N+](=O)[O-]. The lowest BCUT2D eigenvalue weighted by Crippen LogP contribution is -2.29. The van der Waals surface area contributed by atoms with E-state index in [2.05, 4.69) is 17.5 Å². The fourth-order valence-corrected chi connectivity index (χ4v) is 4.46. The average Bonchev–Trinajstić information content (AvgIpc) is 3.16. The van der Waals surface area contributed by atoms with Crippen LogP contribution < -0.4 is 14.8 Å². The Morgan fingerprint density at radius 2 is 1.93 bits per heavy atom. The van der Waals surface area contributed by atoms with E-state index in [0.29, 0.717) is 10.8 Å². The van der Waals surface area contributed by atoms with E-state index in [9.17, 15) is 10.1 Å². The van der Waals surface area contributed by atoms with Crippen LogP contribution in [0.15, 0.2) is 42.5 Å². The van der Waals surface area contributed by atoms with Crippen LogP contribution in [-0.4, -0.2) is 19.1 Å². The largest absolute Gasteiger partial charge is 0.495 e. The molecular weight excluding hydrogens is 368 g/mol. The first-order valence-electron chi connectivity index (χ1n) is 8.67. The van der Waals surface area contributed by atoms with Gasteiger partial charge in [0.05, 0.1) is 30.9 Å². The van der Waals surface area contributed by atoms with Crippen LogP contribution >= 0.6 is 11.6 Å². The van der Waals surface area contributed by atoms with Crippen molar-refractivity contribution >= 4 is 23.0 Å². The van der Waals surface area contributed by atoms with Gasteiger partial charge in [0.15, 0.2) is 5.75 Å². The van der Waals surface area contributed by atoms with Gasteiger partial charge in [-0.05, 0) is 36.1 Å². The summed E-state index contributed by atoms with van der Waals surface area (Å²) in [6.07, 6.45) is 5.18. The van der Waals surface area contributed by atoms with Crippen molar-refractivity contribution in [3.8, 4) is 11.5 Å². The van der Waals surface area contributed by atoms with Gasteiger partial charge >= 0.3 is 5.69 Å². The molecule has 4 rings (SSSR count). The van der Waals surface area contributed by atoms with Crippen molar-refractivity contribution in [3.63, 3.8) is 0 Å². The third-order valence-corrected chi connectivity index (χ3v) is 5.74. The lowest BCUT2D eigenvalue weighted by atomic mass is 9.76. The van der Waals surface area contributed by atoms with Gasteiger partial charge in [-0.2, -0.15) is 0 Å². The molecule has 1 N–H and O–H groups in total. The predicted octanol–water partition coefficient (Wildman–Crippen LogP) is 5.09. The zero-order valence-electron chi connectivity index (χ0n) is 14.9. The van der Waals surface area contributed by atoms with Crippen molar-refractivity contribution in [3.05, 3.63) is 68.7 Å². The minimum atomic E-state index is -0.416. The fraction of sp³-hybridized carbons (Fsp3) is 0.300. The summed E-state index contributed by atoms with van der Waals surface area (Å²) >= 11 is 6.50. The number of fused-ring (bicyclic) bond motifs is 3. The van der Waals surface area contributed by atoms with Crippen LogP contribution in [0.5, 0.6) is 11.5 Å². The molecule has 0 radical (unpaired) electrons. The van der Waals surface area contributed by atoms with Crippen molar-refractivity contribution in [2.75, 3.05) is 19.5 Å². The molecule has 0 saturated carbocycles. The van der Waals surface area contributed by atoms with Crippen molar-refractivity contribution < 1.29 is 14.4 Å². The molecular formula is C20H19ClN2O4. The summed E-state index contributed by atoms with van der Waals surface area (Å²) < 4.78 is 10.7. The van der Waals surface area contributed by atoms with E-state index in [0.717, 1.165) is 23.2 Å². The van der Waals surface area contributed by atoms with Gasteiger partial charge in [0.1, 0.15) is 5.75 Å². The van der Waals surface area contributed by atoms with Gasteiger partial charge in [-0.25, -0.2) is 0 Å². The molecule has 1 aliphatic carbocycles. The Bertz CT molecular complexity index is 944. The second-order valence-electron chi connectivity index (χ2n) is 6.70. The number of nitrogens with zero attached hydrogens (tertiary/aromatic N) is 1. The molecule has 2 aromatic carbocycles. The number of nitro groups is 1. The van der Waals surface area contributed by atoms with E-state index >= 15 is 0 Å². The van der Waals surface area contributed by atoms with Gasteiger partial charge in [-0.3, -0.25) is 10.1 Å². The van der Waals surface area contributed by atoms with Crippen LogP contribution in [0.25, 0.3) is 0 Å². The molecule has 0 fully saturated rings. The van der Waals surface area contributed by atoms with Gasteiger partial charge in [0, 0.05) is 22.6 Å². The van der Waals surface area contributed by atoms with E-state index in [1.54, 1.807) is 19.2 Å². The van der Waals surface area contributed by atoms with Gasteiger partial charge in [0.2, 0.25) is 0 Å². The zero-order chi connectivity index (χ0) is 19.1. The van der Waals surface area contributed by atoms with Crippen molar-refractivity contribution in [1.82, 2.24) is 0 Å². The quantitative estimate of drug-likeness (QED) is 0.450. The summed E-state index contributed by atoms with van der Waals surface area (Å²) in [7, 11) is 3.05. The number of allylic oxidation sites excluding steroid dienone is 2. The second-order valence-corrected chi connectivity index (χ2v) is 7.11. The molecule has 3 atom stereocenters. The number of anilines is 1. The molecule has 0 aromatic heterocycles. The molecule has 1 heterocycles. The Kier molecular flexibility index (Phi) is 4.44. The van der Waals surface area contributed by atoms with E-state index in [4.69, 9.17) is 21.1 Å². The molecule has 2 aliphatic rings. The van der Waals surface area contributed by atoms with E-state index in [-0.39, 0.29) is 29.3 Å². The van der Waals surface area contributed by atoms with Gasteiger partial charge in [-0.15, -0.1) is 0 Å². The number of halogens is 1. The number of ether oxygens (including phenoxy) is 2. The Morgan fingerprint density at radius 3 is 2.63 bits per heavy atom. The van der Waals surface area contributed by atoms with Crippen LogP contribution in [0, 0.1) is 16.0 Å². The number of nitro benzene ring substituents is 1. The standard InChI is InChI=1S/C20H19ClN2O4/c1-26-16-8-6-11(10-15(16)23(24)25)19-13-5-3-4-12(13)18-14(21)7-9-17(27-2)20(18)22-19/h3-4,6-10,12-13,19,22H,5H2,1-2H3. The molecule has 1 aliphatic heterocycles. The molecule has 7 heteroatoms. The maximum Gasteiger partial charge on any atom is 0.311 e. The van der Waals surface area contributed by atoms with Crippen LogP contribution in [-0.2, 0) is 0 Å². The Labute approximate surface area is 161 Å². The first-order chi connectivity index (χ1) is 13.0. The number of methoxy groups -OCH3 is 2. The van der Waals surface area contributed by atoms with Crippen LogP contribution in [0.1, 0.15) is 29.5 Å². The maximum atomic E-state index is 11.4. The normalized spacial score (nSPS) is 22.6. The third kappa shape index (κ3) is 2.80. The topological polar surface area (TPSA) is 73.6 Å². The number of hydrogen-bond donors (Lipinski definition) is 1. The summed E-state index contributed by atoms with van der Waals surface area (Å²) in [6, 6.07) is 8.70. The Morgan fingerprint density at radius 1 is 1.19 bits per heavy atom. The molecule has 3 unspecified atom stereocenters. The van der Waals surface area contributed by atoms with Gasteiger partial charge in [0.25, 0.3) is 0 Å². The lowest BCUT2D eigenvalue weighted by Gasteiger charge is -2.38. The highest BCUT2D eigenvalue weighted by molar-refractivity contribution is 6.32. The van der Waals surface area contributed by atoms with Crippen LogP contribution in [0.3, 0.4) is 0 Å². The number of hydrogen-bond acceptors (Lipinski definition) is 5. The van der Waals surface area contributed by atoms with Crippen LogP contribution in [0.4, 0.5) is 11.4 Å². The Hall–Kier alpha value is -2.73. The lowest BCUT2D eigenvalue weighted by molar-refractivity contribution is -0.385. The van der Waals surface area contributed by atoms with Crippen molar-refractivity contribution in [1.29, 1.82) is 0 Å². The number of benzene rings is 2. The monoisotopic (exact) mass is 386 g/mol. The second kappa shape index (κ2) is 6.78. The summed E-state index contributed by atoms with van der Waals surface area (Å²) in [5.74, 6) is 1.31. The van der Waals surface area contributed by atoms with E-state index in [1.807, 2.05) is 18.2 Å².